The molecule has 1 saturated carbocycles. The van der Waals surface area contributed by atoms with Crippen LogP contribution < -0.4 is 0 Å². The van der Waals surface area contributed by atoms with Gasteiger partial charge in [-0.1, -0.05) is 5.16 Å². The van der Waals surface area contributed by atoms with Crippen molar-refractivity contribution in [3.05, 3.63) is 35.5 Å². The number of aromatic nitrogens is 2. The number of halogens is 3. The Morgan fingerprint density at radius 2 is 1.93 bits per heavy atom. The first-order valence-corrected chi connectivity index (χ1v) is 10.3. The minimum Gasteiger partial charge on any atom is -0.338 e. The molecule has 1 aliphatic carbocycles. The van der Waals surface area contributed by atoms with Crippen LogP contribution in [0.3, 0.4) is 0 Å². The molecule has 10 heteroatoms. The van der Waals surface area contributed by atoms with Crippen LogP contribution in [0.5, 0.6) is 0 Å². The minimum absolute atomic E-state index is 0.0328. The predicted octanol–water partition coefficient (Wildman–Crippen LogP) is 2.96. The summed E-state index contributed by atoms with van der Waals surface area (Å²) in [6, 6.07) is 4.02. The van der Waals surface area contributed by atoms with Gasteiger partial charge >= 0.3 is 0 Å². The van der Waals surface area contributed by atoms with E-state index in [1.165, 1.54) is 22.5 Å². The molecule has 2 fully saturated rings. The van der Waals surface area contributed by atoms with Gasteiger partial charge in [-0.15, -0.1) is 0 Å². The topological polar surface area (TPSA) is 76.3 Å². The number of piperidine rings is 1. The largest absolute Gasteiger partial charge is 0.338 e. The lowest BCUT2D eigenvalue weighted by Crippen LogP contribution is -2.40. The van der Waals surface area contributed by atoms with Crippen molar-refractivity contribution in [2.24, 2.45) is 5.41 Å². The summed E-state index contributed by atoms with van der Waals surface area (Å²) in [5, 5.41) is 3.79. The van der Waals surface area contributed by atoms with E-state index in [9.17, 15) is 21.6 Å². The van der Waals surface area contributed by atoms with E-state index in [1.807, 2.05) is 0 Å². The van der Waals surface area contributed by atoms with Gasteiger partial charge in [-0.05, 0) is 43.5 Å². The molecule has 4 rings (SSSR count). The maximum absolute atomic E-state index is 14.6. The molecule has 146 valence electrons. The smallest absolute Gasteiger partial charge is 0.266 e. The molecular weight excluding hydrogens is 383 g/mol. The van der Waals surface area contributed by atoms with Crippen LogP contribution in [-0.2, 0) is 10.0 Å². The van der Waals surface area contributed by atoms with Gasteiger partial charge in [-0.25, -0.2) is 25.9 Å². The fraction of sp³-hybridized carbons (Fsp3) is 0.529. The molecule has 0 radical (unpaired) electrons. The van der Waals surface area contributed by atoms with Crippen LogP contribution in [0.1, 0.15) is 30.2 Å². The van der Waals surface area contributed by atoms with Gasteiger partial charge in [0, 0.05) is 18.7 Å². The van der Waals surface area contributed by atoms with E-state index in [2.05, 4.69) is 10.1 Å². The first-order chi connectivity index (χ1) is 12.6. The number of hydrogen-bond donors (Lipinski definition) is 0. The van der Waals surface area contributed by atoms with Gasteiger partial charge in [0.2, 0.25) is 21.7 Å². The lowest BCUT2D eigenvalue weighted by Gasteiger charge is -2.30. The monoisotopic (exact) mass is 401 g/mol. The lowest BCUT2D eigenvalue weighted by atomic mass is 9.91. The molecule has 6 nitrogen and oxygen atoms in total. The fourth-order valence-electron chi connectivity index (χ4n) is 4.08. The summed E-state index contributed by atoms with van der Waals surface area (Å²) in [6.45, 7) is 1.76. The molecular formula is C17H18F3N3O3S. The van der Waals surface area contributed by atoms with E-state index >= 15 is 0 Å². The molecule has 0 bridgehead atoms. The van der Waals surface area contributed by atoms with Gasteiger partial charge in [-0.3, -0.25) is 0 Å². The van der Waals surface area contributed by atoms with Crippen LogP contribution >= 0.6 is 0 Å². The molecule has 2 heterocycles. The number of aryl methyl sites for hydroxylation is 1. The van der Waals surface area contributed by atoms with E-state index < -0.39 is 33.1 Å². The third-order valence-corrected chi connectivity index (χ3v) is 7.00. The van der Waals surface area contributed by atoms with Gasteiger partial charge in [-0.2, -0.15) is 4.98 Å². The second-order valence-corrected chi connectivity index (χ2v) is 9.27. The zero-order chi connectivity index (χ0) is 19.6. The van der Waals surface area contributed by atoms with Crippen LogP contribution in [0, 0.1) is 18.2 Å². The molecule has 0 amide bonds. The quantitative estimate of drug-likeness (QED) is 0.790. The van der Waals surface area contributed by atoms with Crippen molar-refractivity contribution in [1.82, 2.24) is 14.4 Å². The second-order valence-electron chi connectivity index (χ2n) is 7.29. The predicted molar refractivity (Wildman–Crippen MR) is 90.2 cm³/mol. The summed E-state index contributed by atoms with van der Waals surface area (Å²) in [5.41, 5.74) is -0.270. The number of rotatable bonds is 3. The first-order valence-electron chi connectivity index (χ1n) is 8.49. The first kappa shape index (κ1) is 18.4. The molecule has 1 aromatic carbocycles. The fourth-order valence-corrected chi connectivity index (χ4v) is 4.93. The van der Waals surface area contributed by atoms with Crippen LogP contribution in [0.15, 0.2) is 22.7 Å². The van der Waals surface area contributed by atoms with Crippen molar-refractivity contribution in [1.29, 1.82) is 0 Å². The number of benzene rings is 1. The van der Waals surface area contributed by atoms with E-state index in [4.69, 9.17) is 4.52 Å². The molecule has 2 aliphatic rings. The molecule has 1 aliphatic heterocycles. The third-order valence-electron chi connectivity index (χ3n) is 5.70. The average molecular weight is 401 g/mol. The molecule has 1 aromatic heterocycles. The Kier molecular flexibility index (Phi) is 3.94. The molecule has 1 atom stereocenters. The van der Waals surface area contributed by atoms with E-state index in [1.54, 1.807) is 6.92 Å². The van der Waals surface area contributed by atoms with E-state index in [-0.39, 0.29) is 37.6 Å². The highest BCUT2D eigenvalue weighted by Crippen LogP contribution is 2.75. The Hall–Kier alpha value is -1.94. The number of sulfonamides is 1. The summed E-state index contributed by atoms with van der Waals surface area (Å²) in [5.74, 6) is -4.70. The third kappa shape index (κ3) is 2.77. The van der Waals surface area contributed by atoms with Crippen LogP contribution in [0.2, 0.25) is 0 Å². The van der Waals surface area contributed by atoms with Crippen LogP contribution in [0.25, 0.3) is 11.4 Å². The van der Waals surface area contributed by atoms with Crippen molar-refractivity contribution in [2.75, 3.05) is 19.3 Å². The summed E-state index contributed by atoms with van der Waals surface area (Å²) in [7, 11) is -3.40. The summed E-state index contributed by atoms with van der Waals surface area (Å²) < 4.78 is 72.1. The normalized spacial score (nSPS) is 24.3. The van der Waals surface area contributed by atoms with Gasteiger partial charge in [0.05, 0.1) is 11.7 Å². The number of alkyl halides is 2. The highest BCUT2D eigenvalue weighted by Gasteiger charge is 2.82. The molecule has 0 N–H and O–H groups in total. The Bertz CT molecular complexity index is 998. The summed E-state index contributed by atoms with van der Waals surface area (Å²) in [6.07, 6.45) is 1.14. The summed E-state index contributed by atoms with van der Waals surface area (Å²) in [4.78, 5) is 4.13. The molecule has 1 saturated heterocycles. The van der Waals surface area contributed by atoms with Gasteiger partial charge in [0.1, 0.15) is 11.7 Å². The van der Waals surface area contributed by atoms with Crippen LogP contribution in [0.4, 0.5) is 13.2 Å². The zero-order valence-electron chi connectivity index (χ0n) is 14.7. The lowest BCUT2D eigenvalue weighted by molar-refractivity contribution is 0.0406. The van der Waals surface area contributed by atoms with E-state index in [0.717, 1.165) is 6.26 Å². The van der Waals surface area contributed by atoms with Crippen molar-refractivity contribution < 1.29 is 26.1 Å². The average Bonchev–Trinajstić information content (AvgIpc) is 2.87. The SMILES string of the molecule is Cc1cc(F)ccc1-c1noc(C2C(F)(F)C23CCN(S(C)(=O)=O)CC3)n1. The Morgan fingerprint density at radius 1 is 1.26 bits per heavy atom. The highest BCUT2D eigenvalue weighted by atomic mass is 32.2. The highest BCUT2D eigenvalue weighted by molar-refractivity contribution is 7.88. The van der Waals surface area contributed by atoms with Crippen LogP contribution in [-0.4, -0.2) is 48.1 Å². The Balaban J connectivity index is 1.59. The standard InChI is InChI=1S/C17H18F3N3O3S/c1-10-9-11(18)3-4-12(10)14-21-15(26-22-14)13-16(17(13,19)20)5-7-23(8-6-16)27(2,24)25/h3-4,9,13H,5-8H2,1-2H3. The Morgan fingerprint density at radius 3 is 2.52 bits per heavy atom. The summed E-state index contributed by atoms with van der Waals surface area (Å²) >= 11 is 0. The zero-order valence-corrected chi connectivity index (χ0v) is 15.6. The number of hydrogen-bond acceptors (Lipinski definition) is 5. The van der Waals surface area contributed by atoms with Crippen molar-refractivity contribution in [2.45, 2.75) is 31.6 Å². The van der Waals surface area contributed by atoms with E-state index in [0.29, 0.717) is 11.1 Å². The van der Waals surface area contributed by atoms with Crippen molar-refractivity contribution in [3.8, 4) is 11.4 Å². The second kappa shape index (κ2) is 5.78. The molecule has 1 unspecified atom stereocenters. The van der Waals surface area contributed by atoms with Crippen molar-refractivity contribution >= 4 is 10.0 Å². The van der Waals surface area contributed by atoms with Gasteiger partial charge in [0.25, 0.3) is 5.92 Å². The maximum atomic E-state index is 14.6. The molecule has 1 spiro atoms. The number of nitrogens with zero attached hydrogens (tertiary/aromatic N) is 3. The van der Waals surface area contributed by atoms with Crippen molar-refractivity contribution in [3.63, 3.8) is 0 Å². The molecule has 27 heavy (non-hydrogen) atoms. The Labute approximate surface area is 154 Å². The van der Waals surface area contributed by atoms with Gasteiger partial charge in [0.15, 0.2) is 0 Å². The van der Waals surface area contributed by atoms with Gasteiger partial charge < -0.3 is 4.52 Å². The minimum atomic E-state index is -3.40. The maximum Gasteiger partial charge on any atom is 0.266 e. The molecule has 2 aromatic rings.